The number of allylic oxidation sites excluding steroid dienone is 2. The van der Waals surface area contributed by atoms with Gasteiger partial charge in [0.2, 0.25) is 0 Å². The van der Waals surface area contributed by atoms with Gasteiger partial charge in [-0.2, -0.15) is 22.9 Å². The molecule has 9 nitrogen and oxygen atoms in total. The van der Waals surface area contributed by atoms with E-state index in [9.17, 15) is 27.6 Å². The molecule has 0 spiro atoms. The molecule has 2 bridgehead atoms. The number of piperazine rings is 1. The molecule has 0 aliphatic carbocycles. The molecule has 3 amide bonds. The van der Waals surface area contributed by atoms with Crippen molar-refractivity contribution < 1.29 is 37.0 Å². The lowest BCUT2D eigenvalue weighted by Crippen LogP contribution is -2.64. The summed E-state index contributed by atoms with van der Waals surface area (Å²) in [5, 5.41) is 0.391. The van der Waals surface area contributed by atoms with Gasteiger partial charge in [-0.3, -0.25) is 9.69 Å². The maximum Gasteiger partial charge on any atom is 0.529 e. The molecule has 5 aliphatic rings. The summed E-state index contributed by atoms with van der Waals surface area (Å²) in [6, 6.07) is 5.93. The number of aliphatic imine (C=N–C) groups is 1. The number of benzene rings is 1. The van der Waals surface area contributed by atoms with Crippen LogP contribution in [0.25, 0.3) is 0 Å². The number of quaternary nitrogens is 1. The van der Waals surface area contributed by atoms with Crippen LogP contribution < -0.4 is 4.99 Å². The van der Waals surface area contributed by atoms with E-state index in [1.165, 1.54) is 13.1 Å². The molecule has 40 heavy (non-hydrogen) atoms. The van der Waals surface area contributed by atoms with E-state index >= 15 is 0 Å². The highest BCUT2D eigenvalue weighted by atomic mass is 35.5. The summed E-state index contributed by atoms with van der Waals surface area (Å²) in [4.78, 5) is 53.4. The molecule has 5 aliphatic heterocycles. The standard InChI is InChI=1S/C27H30ClF3N5O4/c1-26(2,3)15-36(40-24(38)27(29,30)31)20-11-12-21(32-22(20)33(4)25(36)39)34-13-17-10-9-16(34)14-35(17)23(37)18-7-5-6-8-19(18)28/h5-8,11-12,16-17H,9-10,13-15H2,1-4H3/q+2. The molecule has 0 saturated carbocycles. The fourth-order valence-electron chi connectivity index (χ4n) is 5.84. The highest BCUT2D eigenvalue weighted by Crippen LogP contribution is 2.39. The second kappa shape index (κ2) is 9.62. The van der Waals surface area contributed by atoms with Gasteiger partial charge in [0.05, 0.1) is 42.8 Å². The van der Waals surface area contributed by atoms with Crippen molar-refractivity contribution in [1.29, 1.82) is 0 Å². The molecule has 0 N–H and O–H groups in total. The van der Waals surface area contributed by atoms with Gasteiger partial charge in [0.1, 0.15) is 6.54 Å². The fraction of sp³-hybridized carbons (Fsp3) is 0.481. The molecule has 0 aromatic heterocycles. The van der Waals surface area contributed by atoms with Crippen molar-refractivity contribution in [2.75, 3.05) is 26.7 Å². The normalized spacial score (nSPS) is 26.4. The Balaban J connectivity index is 1.44. The lowest BCUT2D eigenvalue weighted by molar-refractivity contribution is -0.992. The number of likely N-dealkylation sites (N-methyl/N-ethyl adjacent to an activating group) is 1. The second-order valence-electron chi connectivity index (χ2n) is 11.7. The van der Waals surface area contributed by atoms with Gasteiger partial charge in [-0.25, -0.2) is 9.63 Å². The van der Waals surface area contributed by atoms with E-state index in [1.54, 1.807) is 51.1 Å². The number of nitrogens with zero attached hydrogens (tertiary/aromatic N) is 5. The molecule has 5 heterocycles. The van der Waals surface area contributed by atoms with Crippen molar-refractivity contribution in [1.82, 2.24) is 19.7 Å². The van der Waals surface area contributed by atoms with Gasteiger partial charge in [0.25, 0.3) is 17.4 Å². The number of carbonyl (C=O) groups excluding carboxylic acids is 3. The Morgan fingerprint density at radius 1 is 1.10 bits per heavy atom. The number of hydroxylamine groups is 3. The smallest absolute Gasteiger partial charge is 0.329 e. The Labute approximate surface area is 234 Å². The highest BCUT2D eigenvalue weighted by Gasteiger charge is 2.67. The number of rotatable bonds is 4. The van der Waals surface area contributed by atoms with Crippen LogP contribution in [0.1, 0.15) is 44.0 Å². The lowest BCUT2D eigenvalue weighted by atomic mass is 9.90. The largest absolute Gasteiger partial charge is 0.529 e. The van der Waals surface area contributed by atoms with Crippen LogP contribution in [-0.4, -0.2) is 88.0 Å². The average molecular weight is 581 g/mol. The van der Waals surface area contributed by atoms with Crippen LogP contribution in [0, 0.1) is 5.41 Å². The second-order valence-corrected chi connectivity index (χ2v) is 12.1. The van der Waals surface area contributed by atoms with Crippen LogP contribution in [0.15, 0.2) is 47.9 Å². The van der Waals surface area contributed by atoms with Gasteiger partial charge < -0.3 is 4.90 Å². The van der Waals surface area contributed by atoms with Gasteiger partial charge in [0.15, 0.2) is 0 Å². The van der Waals surface area contributed by atoms with Gasteiger partial charge in [-0.05, 0) is 25.0 Å². The minimum Gasteiger partial charge on any atom is -0.329 e. The molecule has 1 aromatic carbocycles. The Kier molecular flexibility index (Phi) is 6.77. The molecule has 6 rings (SSSR count). The van der Waals surface area contributed by atoms with E-state index < -0.39 is 28.2 Å². The number of hydrogen-bond acceptors (Lipinski definition) is 6. The minimum absolute atomic E-state index is 0.0544. The molecular formula is C27H30ClF3N5O4+2. The fourth-order valence-corrected chi connectivity index (χ4v) is 6.05. The van der Waals surface area contributed by atoms with Crippen LogP contribution >= 0.6 is 11.6 Å². The summed E-state index contributed by atoms with van der Waals surface area (Å²) in [5.41, 5.74) is -0.186. The number of amides is 3. The first-order chi connectivity index (χ1) is 18.6. The summed E-state index contributed by atoms with van der Waals surface area (Å²) in [6.07, 6.45) is -0.525. The monoisotopic (exact) mass is 580 g/mol. The molecule has 213 valence electrons. The van der Waals surface area contributed by atoms with Crippen LogP contribution in [0.3, 0.4) is 0 Å². The molecular weight excluding hydrogens is 551 g/mol. The van der Waals surface area contributed by atoms with E-state index in [0.717, 1.165) is 17.7 Å². The van der Waals surface area contributed by atoms with Crippen molar-refractivity contribution in [3.05, 3.63) is 58.5 Å². The Hall–Kier alpha value is -3.38. The number of amidine groups is 1. The van der Waals surface area contributed by atoms with Gasteiger partial charge in [0, 0.05) is 22.2 Å². The Bertz CT molecular complexity index is 1370. The summed E-state index contributed by atoms with van der Waals surface area (Å²) in [7, 11) is 1.40. The van der Waals surface area contributed by atoms with Crippen molar-refractivity contribution in [3.63, 3.8) is 0 Å². The molecule has 4 saturated heterocycles. The molecule has 3 unspecified atom stereocenters. The third-order valence-electron chi connectivity index (χ3n) is 7.50. The first kappa shape index (κ1) is 28.2. The first-order valence-corrected chi connectivity index (χ1v) is 13.3. The average Bonchev–Trinajstić information content (AvgIpc) is 3.08. The summed E-state index contributed by atoms with van der Waals surface area (Å²) in [5.74, 6) is -1.95. The predicted molar refractivity (Wildman–Crippen MR) is 139 cm³/mol. The Morgan fingerprint density at radius 3 is 2.38 bits per heavy atom. The zero-order valence-electron chi connectivity index (χ0n) is 22.5. The number of piperidine rings is 2. The van der Waals surface area contributed by atoms with Crippen LogP contribution in [0.5, 0.6) is 0 Å². The summed E-state index contributed by atoms with van der Waals surface area (Å²) in [6.45, 7) is 5.94. The highest BCUT2D eigenvalue weighted by molar-refractivity contribution is 6.33. The summed E-state index contributed by atoms with van der Waals surface area (Å²) >= 11 is 6.27. The van der Waals surface area contributed by atoms with E-state index in [0.29, 0.717) is 29.5 Å². The molecule has 4 fully saturated rings. The van der Waals surface area contributed by atoms with Gasteiger partial charge in [-0.15, -0.1) is 0 Å². The van der Waals surface area contributed by atoms with E-state index in [2.05, 4.69) is 9.89 Å². The van der Waals surface area contributed by atoms with Crippen molar-refractivity contribution in [2.45, 2.75) is 51.9 Å². The number of carbonyl (C=O) groups is 3. The minimum atomic E-state index is -5.28. The molecule has 3 atom stereocenters. The Morgan fingerprint density at radius 2 is 1.77 bits per heavy atom. The maximum atomic E-state index is 13.5. The maximum absolute atomic E-state index is 13.5. The van der Waals surface area contributed by atoms with Gasteiger partial charge >= 0.3 is 24.0 Å². The zero-order chi connectivity index (χ0) is 29.2. The van der Waals surface area contributed by atoms with Crippen LogP contribution in [-0.2, 0) is 9.63 Å². The quantitative estimate of drug-likeness (QED) is 0.502. The molecule has 13 heteroatoms. The topological polar surface area (TPSA) is 84.3 Å². The number of halogens is 4. The van der Waals surface area contributed by atoms with Crippen molar-refractivity contribution in [2.24, 2.45) is 5.41 Å². The van der Waals surface area contributed by atoms with Crippen LogP contribution in [0.4, 0.5) is 18.0 Å². The molecule has 1 radical (unpaired) electrons. The third kappa shape index (κ3) is 4.77. The third-order valence-corrected chi connectivity index (χ3v) is 7.83. The molecule has 1 aromatic rings. The first-order valence-electron chi connectivity index (χ1n) is 12.9. The number of hydrogen-bond donors (Lipinski definition) is 0. The van der Waals surface area contributed by atoms with Crippen molar-refractivity contribution in [3.8, 4) is 0 Å². The summed E-state index contributed by atoms with van der Waals surface area (Å²) < 4.78 is 38.5. The zero-order valence-corrected chi connectivity index (χ0v) is 23.3. The van der Waals surface area contributed by atoms with Gasteiger partial charge in [-0.1, -0.05) is 49.5 Å². The van der Waals surface area contributed by atoms with E-state index in [1.807, 2.05) is 4.90 Å². The van der Waals surface area contributed by atoms with Crippen molar-refractivity contribution >= 4 is 35.3 Å². The SMILES string of the molecule is CN1C(=O)[N+](CC(C)(C)C)(OC(=O)C(F)(F)F)C2=CC=C(N3CC4CCC3CN4C(=O)c3ccccc3Cl)[N+]=C21. The number of alkyl halides is 3. The number of urea groups is 1. The van der Waals surface area contributed by atoms with E-state index in [4.69, 9.17) is 16.4 Å². The lowest BCUT2D eigenvalue weighted by Gasteiger charge is -2.49. The number of fused-ring (bicyclic) bond motifs is 4. The predicted octanol–water partition coefficient (Wildman–Crippen LogP) is 4.05. The van der Waals surface area contributed by atoms with Crippen LogP contribution in [0.2, 0.25) is 5.02 Å². The van der Waals surface area contributed by atoms with E-state index in [-0.39, 0.29) is 36.1 Å².